The van der Waals surface area contributed by atoms with Crippen molar-refractivity contribution in [2.24, 2.45) is 5.92 Å². The first-order valence-electron chi connectivity index (χ1n) is 7.89. The van der Waals surface area contributed by atoms with Gasteiger partial charge in [0.05, 0.1) is 19.1 Å². The van der Waals surface area contributed by atoms with Gasteiger partial charge in [-0.3, -0.25) is 4.79 Å². The number of carbonyl (C=O) groups is 2. The van der Waals surface area contributed by atoms with Crippen molar-refractivity contribution < 1.29 is 30.3 Å². The highest BCUT2D eigenvalue weighted by Crippen LogP contribution is 2.13. The molecule has 7 nitrogen and oxygen atoms in total. The van der Waals surface area contributed by atoms with Crippen LogP contribution in [0.15, 0.2) is 24.3 Å². The summed E-state index contributed by atoms with van der Waals surface area (Å²) in [6.45, 7) is 3.68. The third-order valence-electron chi connectivity index (χ3n) is 3.68. The highest BCUT2D eigenvalue weighted by Gasteiger charge is 2.28. The summed E-state index contributed by atoms with van der Waals surface area (Å²) in [5.41, 5.74) is 4.69. The molecule has 134 valence electrons. The van der Waals surface area contributed by atoms with Gasteiger partial charge in [-0.05, 0) is 30.0 Å². The van der Waals surface area contributed by atoms with Crippen LogP contribution in [0, 0.1) is 5.92 Å². The highest BCUT2D eigenvalue weighted by atomic mass is 16.5. The number of rotatable bonds is 9. The molecule has 0 unspecified atom stereocenters. The Bertz CT molecular complexity index is 544. The Hall–Kier alpha value is -2.12. The molecule has 0 bridgehead atoms. The third kappa shape index (κ3) is 6.17. The van der Waals surface area contributed by atoms with Gasteiger partial charge in [0.2, 0.25) is 0 Å². The Morgan fingerprint density at radius 3 is 2.33 bits per heavy atom. The van der Waals surface area contributed by atoms with Gasteiger partial charge in [-0.2, -0.15) is 0 Å². The monoisotopic (exact) mass is 338 g/mol. The highest BCUT2D eigenvalue weighted by molar-refractivity contribution is 5.85. The molecule has 0 fully saturated rings. The van der Waals surface area contributed by atoms with Crippen molar-refractivity contribution in [2.45, 2.75) is 44.9 Å². The molecule has 1 rings (SSSR count). The summed E-state index contributed by atoms with van der Waals surface area (Å²) in [4.78, 5) is 23.1. The number of benzene rings is 1. The number of amides is 1. The summed E-state index contributed by atoms with van der Waals surface area (Å²) >= 11 is 0. The zero-order chi connectivity index (χ0) is 18.3. The first-order chi connectivity index (χ1) is 11.2. The van der Waals surface area contributed by atoms with E-state index in [9.17, 15) is 19.8 Å². The van der Waals surface area contributed by atoms with Crippen LogP contribution in [-0.4, -0.2) is 42.3 Å². The molecular weight excluding hydrogens is 312 g/mol. The van der Waals surface area contributed by atoms with Crippen LogP contribution in [0.3, 0.4) is 0 Å². The van der Waals surface area contributed by atoms with Crippen molar-refractivity contribution >= 4 is 11.9 Å². The fraction of sp³-hybridized carbons (Fsp3) is 0.529. The third-order valence-corrected chi connectivity index (χ3v) is 3.68. The SMILES string of the molecule is COc1ccc(C[C@@H]([NH3+])[C@H](O)C(=O)N[C@@H](CC(C)C)C(=O)[O-])cc1. The average Bonchev–Trinajstić information content (AvgIpc) is 2.53. The van der Waals surface area contributed by atoms with E-state index in [0.717, 1.165) is 5.56 Å². The number of carboxylic acid groups (broad SMARTS) is 1. The predicted molar refractivity (Wildman–Crippen MR) is 85.8 cm³/mol. The van der Waals surface area contributed by atoms with Crippen LogP contribution < -0.4 is 20.9 Å². The second-order valence-electron chi connectivity index (χ2n) is 6.27. The molecule has 0 saturated heterocycles. The van der Waals surface area contributed by atoms with Gasteiger partial charge >= 0.3 is 0 Å². The van der Waals surface area contributed by atoms with E-state index < -0.39 is 30.1 Å². The van der Waals surface area contributed by atoms with Crippen molar-refractivity contribution in [1.29, 1.82) is 0 Å². The van der Waals surface area contributed by atoms with Gasteiger partial charge in [0, 0.05) is 6.42 Å². The summed E-state index contributed by atoms with van der Waals surface area (Å²) in [5, 5.41) is 23.5. The lowest BCUT2D eigenvalue weighted by molar-refractivity contribution is -0.432. The number of hydrogen-bond donors (Lipinski definition) is 3. The summed E-state index contributed by atoms with van der Waals surface area (Å²) in [6.07, 6.45) is -0.791. The minimum absolute atomic E-state index is 0.0696. The summed E-state index contributed by atoms with van der Waals surface area (Å²) in [5.74, 6) is -1.33. The molecule has 5 N–H and O–H groups in total. The van der Waals surface area contributed by atoms with Crippen LogP contribution in [0.25, 0.3) is 0 Å². The predicted octanol–water partition coefficient (Wildman–Crippen LogP) is -1.51. The topological polar surface area (TPSA) is 126 Å². The van der Waals surface area contributed by atoms with Crippen LogP contribution in [-0.2, 0) is 16.0 Å². The Morgan fingerprint density at radius 1 is 1.29 bits per heavy atom. The number of aliphatic carboxylic acids is 1. The van der Waals surface area contributed by atoms with Crippen LogP contribution in [0.5, 0.6) is 5.75 Å². The number of carbonyl (C=O) groups excluding carboxylic acids is 2. The van der Waals surface area contributed by atoms with Crippen LogP contribution in [0.4, 0.5) is 0 Å². The largest absolute Gasteiger partial charge is 0.548 e. The molecule has 0 radical (unpaired) electrons. The van der Waals surface area contributed by atoms with Gasteiger partial charge in [0.25, 0.3) is 5.91 Å². The molecule has 0 aliphatic heterocycles. The van der Waals surface area contributed by atoms with E-state index >= 15 is 0 Å². The number of nitrogens with one attached hydrogen (secondary N) is 1. The van der Waals surface area contributed by atoms with Gasteiger partial charge in [-0.25, -0.2) is 0 Å². The molecule has 0 saturated carbocycles. The van der Waals surface area contributed by atoms with Crippen LogP contribution >= 0.6 is 0 Å². The number of carboxylic acids is 1. The van der Waals surface area contributed by atoms with Gasteiger partial charge < -0.3 is 30.8 Å². The first-order valence-corrected chi connectivity index (χ1v) is 7.89. The molecule has 1 aromatic carbocycles. The molecule has 1 amide bonds. The summed E-state index contributed by atoms with van der Waals surface area (Å²) < 4.78 is 5.07. The minimum Gasteiger partial charge on any atom is -0.548 e. The molecule has 0 spiro atoms. The lowest BCUT2D eigenvalue weighted by atomic mass is 10.00. The Morgan fingerprint density at radius 2 is 1.88 bits per heavy atom. The Balaban J connectivity index is 2.63. The molecule has 0 aliphatic carbocycles. The number of aliphatic hydroxyl groups excluding tert-OH is 1. The standard InChI is InChI=1S/C17H26N2O5/c1-10(2)8-14(17(22)23)19-16(21)15(20)13(18)9-11-4-6-12(24-3)7-5-11/h4-7,10,13-15,20H,8-9,18H2,1-3H3,(H,19,21)(H,22,23)/t13-,14+,15+/m1/s1. The van der Waals surface area contributed by atoms with Crippen molar-refractivity contribution in [3.05, 3.63) is 29.8 Å². The van der Waals surface area contributed by atoms with Gasteiger partial charge in [-0.15, -0.1) is 0 Å². The van der Waals surface area contributed by atoms with Gasteiger partial charge in [0.1, 0.15) is 11.8 Å². The quantitative estimate of drug-likeness (QED) is 0.504. The molecule has 0 aromatic heterocycles. The van der Waals surface area contributed by atoms with E-state index in [0.29, 0.717) is 12.2 Å². The minimum atomic E-state index is -1.40. The van der Waals surface area contributed by atoms with E-state index in [1.165, 1.54) is 0 Å². The Labute approximate surface area is 141 Å². The van der Waals surface area contributed by atoms with E-state index in [2.05, 4.69) is 11.1 Å². The number of quaternary nitrogens is 1. The van der Waals surface area contributed by atoms with Gasteiger partial charge in [0.15, 0.2) is 6.10 Å². The zero-order valence-corrected chi connectivity index (χ0v) is 14.3. The maximum atomic E-state index is 12.1. The summed E-state index contributed by atoms with van der Waals surface area (Å²) in [7, 11) is 1.57. The maximum absolute atomic E-state index is 12.1. The Kier molecular flexibility index (Phi) is 7.67. The molecule has 7 heteroatoms. The average molecular weight is 338 g/mol. The van der Waals surface area contributed by atoms with Gasteiger partial charge in [-0.1, -0.05) is 26.0 Å². The molecule has 1 aromatic rings. The van der Waals surface area contributed by atoms with Crippen LogP contribution in [0.2, 0.25) is 0 Å². The lowest BCUT2D eigenvalue weighted by Crippen LogP contribution is -2.70. The molecule has 24 heavy (non-hydrogen) atoms. The normalized spacial score (nSPS) is 14.8. The second-order valence-corrected chi connectivity index (χ2v) is 6.27. The zero-order valence-electron chi connectivity index (χ0n) is 14.3. The first kappa shape index (κ1) is 19.9. The van der Waals surface area contributed by atoms with Crippen molar-refractivity contribution in [1.82, 2.24) is 5.32 Å². The number of aliphatic hydroxyl groups is 1. The number of hydrogen-bond acceptors (Lipinski definition) is 5. The van der Waals surface area contributed by atoms with E-state index in [-0.39, 0.29) is 12.3 Å². The molecule has 0 aliphatic rings. The molecule has 3 atom stereocenters. The molecule has 0 heterocycles. The van der Waals surface area contributed by atoms with Crippen molar-refractivity contribution in [3.63, 3.8) is 0 Å². The number of ether oxygens (including phenoxy) is 1. The summed E-state index contributed by atoms with van der Waals surface area (Å²) in [6, 6.07) is 5.47. The van der Waals surface area contributed by atoms with Crippen molar-refractivity contribution in [3.8, 4) is 5.75 Å². The van der Waals surface area contributed by atoms with E-state index in [1.54, 1.807) is 19.2 Å². The fourth-order valence-electron chi connectivity index (χ4n) is 2.33. The van der Waals surface area contributed by atoms with E-state index in [1.807, 2.05) is 26.0 Å². The maximum Gasteiger partial charge on any atom is 0.255 e. The lowest BCUT2D eigenvalue weighted by Gasteiger charge is -2.24. The van der Waals surface area contributed by atoms with Crippen LogP contribution in [0.1, 0.15) is 25.8 Å². The number of methoxy groups -OCH3 is 1. The smallest absolute Gasteiger partial charge is 0.255 e. The van der Waals surface area contributed by atoms with E-state index in [4.69, 9.17) is 4.74 Å². The molecular formula is C17H26N2O5. The second kappa shape index (κ2) is 9.24. The fourth-order valence-corrected chi connectivity index (χ4v) is 2.33. The van der Waals surface area contributed by atoms with Crippen molar-refractivity contribution in [2.75, 3.05) is 7.11 Å².